The Bertz CT molecular complexity index is 1330. The van der Waals surface area contributed by atoms with Gasteiger partial charge in [0.15, 0.2) is 0 Å². The third kappa shape index (κ3) is 3.48. The van der Waals surface area contributed by atoms with Crippen molar-refractivity contribution in [2.24, 2.45) is 0 Å². The van der Waals surface area contributed by atoms with Crippen LogP contribution in [0, 0.1) is 0 Å². The van der Waals surface area contributed by atoms with E-state index in [0.717, 1.165) is 23.0 Å². The van der Waals surface area contributed by atoms with Crippen molar-refractivity contribution in [3.05, 3.63) is 76.4 Å². The van der Waals surface area contributed by atoms with Crippen molar-refractivity contribution in [2.45, 2.75) is 19.1 Å². The van der Waals surface area contributed by atoms with Gasteiger partial charge >= 0.3 is 6.18 Å². The van der Waals surface area contributed by atoms with E-state index in [9.17, 15) is 18.0 Å². The molecule has 1 aromatic carbocycles. The second-order valence-corrected chi connectivity index (χ2v) is 8.56. The number of carbonyl (C=O) groups is 1. The summed E-state index contributed by atoms with van der Waals surface area (Å²) in [5.41, 5.74) is 7.84. The van der Waals surface area contributed by atoms with Gasteiger partial charge in [-0.05, 0) is 35.7 Å². The molecule has 0 spiro atoms. The zero-order valence-corrected chi connectivity index (χ0v) is 17.5. The quantitative estimate of drug-likeness (QED) is 0.454. The molecule has 2 N–H and O–H groups in total. The second kappa shape index (κ2) is 7.59. The Balaban J connectivity index is 1.61. The summed E-state index contributed by atoms with van der Waals surface area (Å²) in [5, 5.41) is -0.226. The lowest BCUT2D eigenvalue weighted by molar-refractivity contribution is -0.136. The predicted molar refractivity (Wildman–Crippen MR) is 117 cm³/mol. The van der Waals surface area contributed by atoms with Crippen molar-refractivity contribution in [1.82, 2.24) is 14.9 Å². The molecule has 0 saturated carbocycles. The molecule has 0 saturated heterocycles. The number of thiophene rings is 1. The van der Waals surface area contributed by atoms with E-state index in [1.807, 2.05) is 24.3 Å². The maximum atomic E-state index is 13.9. The van der Waals surface area contributed by atoms with Gasteiger partial charge in [0.1, 0.15) is 9.71 Å². The third-order valence-corrected chi connectivity index (χ3v) is 6.66. The van der Waals surface area contributed by atoms with Crippen LogP contribution in [0.2, 0.25) is 0 Å². The van der Waals surface area contributed by atoms with E-state index >= 15 is 0 Å². The molecule has 9 heteroatoms. The Hall–Kier alpha value is -3.46. The molecule has 4 heterocycles. The predicted octanol–water partition coefficient (Wildman–Crippen LogP) is 5.16. The number of anilines is 1. The molecule has 0 fully saturated rings. The fourth-order valence-corrected chi connectivity index (χ4v) is 5.07. The van der Waals surface area contributed by atoms with E-state index in [2.05, 4.69) is 9.97 Å². The fraction of sp³-hybridized carbons (Fsp3) is 0.174. The molecule has 4 aromatic rings. The Labute approximate surface area is 185 Å². The molecular formula is C23H17F3N4OS. The molecule has 1 amide bonds. The van der Waals surface area contributed by atoms with Crippen molar-refractivity contribution in [3.8, 4) is 11.3 Å². The van der Waals surface area contributed by atoms with Crippen LogP contribution in [0.1, 0.15) is 26.4 Å². The van der Waals surface area contributed by atoms with Gasteiger partial charge < -0.3 is 10.6 Å². The van der Waals surface area contributed by atoms with Crippen molar-refractivity contribution in [3.63, 3.8) is 0 Å². The number of fused-ring (bicyclic) bond motifs is 2. The zero-order chi connectivity index (χ0) is 22.5. The summed E-state index contributed by atoms with van der Waals surface area (Å²) < 4.78 is 41.8. The Kier molecular flexibility index (Phi) is 4.85. The molecule has 0 bridgehead atoms. The minimum atomic E-state index is -4.66. The number of amides is 1. The highest BCUT2D eigenvalue weighted by molar-refractivity contribution is 7.21. The molecule has 0 radical (unpaired) electrons. The number of nitrogens with zero attached hydrogens (tertiary/aromatic N) is 3. The van der Waals surface area contributed by atoms with Gasteiger partial charge in [-0.2, -0.15) is 13.2 Å². The fourth-order valence-electron chi connectivity index (χ4n) is 3.98. The monoisotopic (exact) mass is 454 g/mol. The summed E-state index contributed by atoms with van der Waals surface area (Å²) in [6.07, 6.45) is -0.993. The van der Waals surface area contributed by atoms with Crippen LogP contribution in [-0.4, -0.2) is 27.3 Å². The minimum Gasteiger partial charge on any atom is -0.397 e. The third-order valence-electron chi connectivity index (χ3n) is 5.57. The first-order chi connectivity index (χ1) is 15.3. The minimum absolute atomic E-state index is 0.0805. The van der Waals surface area contributed by atoms with Gasteiger partial charge in [0.05, 0.1) is 16.9 Å². The van der Waals surface area contributed by atoms with Gasteiger partial charge in [0.2, 0.25) is 0 Å². The molecule has 5 rings (SSSR count). The number of nitrogen functional groups attached to an aromatic ring is 1. The number of benzene rings is 1. The number of hydrogen-bond acceptors (Lipinski definition) is 5. The Morgan fingerprint density at radius 1 is 1.12 bits per heavy atom. The van der Waals surface area contributed by atoms with E-state index in [-0.39, 0.29) is 32.4 Å². The Morgan fingerprint density at radius 2 is 1.91 bits per heavy atom. The molecular weight excluding hydrogens is 437 g/mol. The number of nitrogens with two attached hydrogens (primary N) is 1. The van der Waals surface area contributed by atoms with Crippen LogP contribution in [0.15, 0.2) is 54.9 Å². The molecule has 32 heavy (non-hydrogen) atoms. The first-order valence-corrected chi connectivity index (χ1v) is 10.7. The van der Waals surface area contributed by atoms with Crippen LogP contribution in [0.25, 0.3) is 21.5 Å². The molecule has 162 valence electrons. The summed E-state index contributed by atoms with van der Waals surface area (Å²) in [6, 6.07) is 12.0. The maximum Gasteiger partial charge on any atom is 0.417 e. The Morgan fingerprint density at radius 3 is 2.62 bits per heavy atom. The first kappa shape index (κ1) is 20.4. The van der Waals surface area contributed by atoms with Crippen LogP contribution in [-0.2, 0) is 19.1 Å². The topological polar surface area (TPSA) is 72.1 Å². The van der Waals surface area contributed by atoms with Gasteiger partial charge in [-0.1, -0.05) is 24.3 Å². The number of carbonyl (C=O) groups excluding carboxylic acids is 1. The van der Waals surface area contributed by atoms with Crippen molar-refractivity contribution in [2.75, 3.05) is 12.3 Å². The van der Waals surface area contributed by atoms with Crippen molar-refractivity contribution < 1.29 is 18.0 Å². The van der Waals surface area contributed by atoms with E-state index in [0.29, 0.717) is 25.1 Å². The molecule has 5 nitrogen and oxygen atoms in total. The van der Waals surface area contributed by atoms with E-state index < -0.39 is 11.7 Å². The lowest BCUT2D eigenvalue weighted by Gasteiger charge is -2.28. The molecule has 0 unspecified atom stereocenters. The number of alkyl halides is 3. The first-order valence-electron chi connectivity index (χ1n) is 9.89. The number of hydrogen-bond donors (Lipinski definition) is 1. The highest BCUT2D eigenvalue weighted by atomic mass is 32.1. The SMILES string of the molecule is Nc1c(C(=O)N2CCc3ccccc3C2)sc2nc(-c3cccnc3)cc(C(F)(F)F)c12. The average Bonchev–Trinajstić information content (AvgIpc) is 3.14. The van der Waals surface area contributed by atoms with Gasteiger partial charge in [-0.25, -0.2) is 4.98 Å². The highest BCUT2D eigenvalue weighted by Crippen LogP contribution is 2.44. The van der Waals surface area contributed by atoms with E-state index in [4.69, 9.17) is 5.73 Å². The number of rotatable bonds is 2. The summed E-state index contributed by atoms with van der Waals surface area (Å²) >= 11 is 0.898. The van der Waals surface area contributed by atoms with Crippen LogP contribution in [0.4, 0.5) is 18.9 Å². The van der Waals surface area contributed by atoms with E-state index in [1.54, 1.807) is 17.0 Å². The highest BCUT2D eigenvalue weighted by Gasteiger charge is 2.37. The standard InChI is InChI=1S/C23H17F3N4OS/c24-23(25,26)16-10-17(14-6-3-8-28-11-14)29-21-18(16)19(27)20(32-21)22(31)30-9-7-13-4-1-2-5-15(13)12-30/h1-6,8,10-11H,7,9,12,27H2. The summed E-state index contributed by atoms with van der Waals surface area (Å²) in [4.78, 5) is 23.4. The largest absolute Gasteiger partial charge is 0.417 e. The van der Waals surface area contributed by atoms with Crippen LogP contribution >= 0.6 is 11.3 Å². The zero-order valence-electron chi connectivity index (χ0n) is 16.7. The molecule has 1 aliphatic heterocycles. The normalized spacial score (nSPS) is 13.9. The summed E-state index contributed by atoms with van der Waals surface area (Å²) in [6.45, 7) is 0.868. The van der Waals surface area contributed by atoms with Crippen molar-refractivity contribution >= 4 is 33.1 Å². The molecule has 0 atom stereocenters. The van der Waals surface area contributed by atoms with Crippen LogP contribution in [0.5, 0.6) is 0 Å². The van der Waals surface area contributed by atoms with E-state index in [1.165, 1.54) is 18.0 Å². The van der Waals surface area contributed by atoms with Crippen LogP contribution in [0.3, 0.4) is 0 Å². The summed E-state index contributed by atoms with van der Waals surface area (Å²) in [7, 11) is 0. The average molecular weight is 454 g/mol. The van der Waals surface area contributed by atoms with Gasteiger partial charge in [-0.3, -0.25) is 9.78 Å². The van der Waals surface area contributed by atoms with Gasteiger partial charge in [0.25, 0.3) is 5.91 Å². The lowest BCUT2D eigenvalue weighted by atomic mass is 10.00. The van der Waals surface area contributed by atoms with Crippen LogP contribution < -0.4 is 5.73 Å². The van der Waals surface area contributed by atoms with Gasteiger partial charge in [-0.15, -0.1) is 11.3 Å². The second-order valence-electron chi connectivity index (χ2n) is 7.56. The maximum absolute atomic E-state index is 13.9. The molecule has 3 aromatic heterocycles. The van der Waals surface area contributed by atoms with Gasteiger partial charge in [0, 0.05) is 36.4 Å². The van der Waals surface area contributed by atoms with Crippen molar-refractivity contribution in [1.29, 1.82) is 0 Å². The number of halogens is 3. The molecule has 0 aliphatic carbocycles. The molecule has 1 aliphatic rings. The smallest absolute Gasteiger partial charge is 0.397 e. The summed E-state index contributed by atoms with van der Waals surface area (Å²) in [5.74, 6) is -0.379. The number of aromatic nitrogens is 2. The lowest BCUT2D eigenvalue weighted by Crippen LogP contribution is -2.35. The number of pyridine rings is 2.